The van der Waals surface area contributed by atoms with Gasteiger partial charge in [0.1, 0.15) is 5.82 Å². The number of nitrogens with zero attached hydrogens (tertiary/aromatic N) is 3. The van der Waals surface area contributed by atoms with Crippen molar-refractivity contribution < 1.29 is 9.18 Å². The van der Waals surface area contributed by atoms with E-state index in [-0.39, 0.29) is 17.5 Å². The predicted octanol–water partition coefficient (Wildman–Crippen LogP) is 5.77. The van der Waals surface area contributed by atoms with Gasteiger partial charge >= 0.3 is 0 Å². The molecule has 4 nitrogen and oxygen atoms in total. The molecule has 0 saturated heterocycles. The zero-order valence-corrected chi connectivity index (χ0v) is 18.3. The van der Waals surface area contributed by atoms with E-state index in [1.54, 1.807) is 29.4 Å². The number of rotatable bonds is 6. The van der Waals surface area contributed by atoms with Crippen LogP contribution in [0.1, 0.15) is 16.7 Å². The van der Waals surface area contributed by atoms with Crippen LogP contribution in [-0.2, 0) is 11.3 Å². The van der Waals surface area contributed by atoms with E-state index in [9.17, 15) is 9.18 Å². The number of thiazole rings is 1. The molecule has 0 aliphatic carbocycles. The van der Waals surface area contributed by atoms with E-state index in [1.807, 2.05) is 19.1 Å². The maximum Gasteiger partial charge on any atom is 0.239 e. The zero-order chi connectivity index (χ0) is 21.1. The lowest BCUT2D eigenvalue weighted by molar-refractivity contribution is -0.116. The Morgan fingerprint density at radius 2 is 1.97 bits per heavy atom. The second-order valence-electron chi connectivity index (χ2n) is 7.01. The Labute approximate surface area is 182 Å². The van der Waals surface area contributed by atoms with Gasteiger partial charge in [-0.2, -0.15) is 0 Å². The van der Waals surface area contributed by atoms with Crippen LogP contribution in [0.3, 0.4) is 0 Å². The standard InChI is InChI=1S/C23H20FN3OS2/c1-15-10-16(2)22-20(11-15)30-23(26-22)27(13-17-4-3-9-25-12-17)21(28)14-29-19-7-5-18(24)6-8-19/h3-12H,13-14H2,1-2H3. The third-order valence-corrected chi connectivity index (χ3v) is 6.61. The van der Waals surface area contributed by atoms with Crippen LogP contribution in [0.25, 0.3) is 10.2 Å². The van der Waals surface area contributed by atoms with Gasteiger partial charge in [-0.1, -0.05) is 23.5 Å². The Bertz CT molecular complexity index is 1180. The molecule has 0 radical (unpaired) electrons. The van der Waals surface area contributed by atoms with Crippen LogP contribution in [-0.4, -0.2) is 21.6 Å². The number of hydrogen-bond donors (Lipinski definition) is 0. The van der Waals surface area contributed by atoms with Crippen molar-refractivity contribution in [3.8, 4) is 0 Å². The van der Waals surface area contributed by atoms with Gasteiger partial charge in [-0.05, 0) is 66.9 Å². The van der Waals surface area contributed by atoms with Gasteiger partial charge in [-0.25, -0.2) is 9.37 Å². The van der Waals surface area contributed by atoms with Crippen molar-refractivity contribution in [2.45, 2.75) is 25.3 Å². The summed E-state index contributed by atoms with van der Waals surface area (Å²) < 4.78 is 14.2. The molecular weight excluding hydrogens is 417 g/mol. The van der Waals surface area contributed by atoms with E-state index in [1.165, 1.54) is 40.8 Å². The van der Waals surface area contributed by atoms with Gasteiger partial charge in [0, 0.05) is 17.3 Å². The van der Waals surface area contributed by atoms with E-state index in [0.29, 0.717) is 11.7 Å². The summed E-state index contributed by atoms with van der Waals surface area (Å²) in [5, 5.41) is 0.673. The highest BCUT2D eigenvalue weighted by atomic mass is 32.2. The van der Waals surface area contributed by atoms with Crippen LogP contribution in [0, 0.1) is 19.7 Å². The second kappa shape index (κ2) is 8.93. The quantitative estimate of drug-likeness (QED) is 0.359. The number of aryl methyl sites for hydroxylation is 2. The summed E-state index contributed by atoms with van der Waals surface area (Å²) >= 11 is 2.91. The SMILES string of the molecule is Cc1cc(C)c2nc(N(Cc3cccnc3)C(=O)CSc3ccc(F)cc3)sc2c1. The summed E-state index contributed by atoms with van der Waals surface area (Å²) in [5.41, 5.74) is 4.13. The molecule has 0 unspecified atom stereocenters. The van der Waals surface area contributed by atoms with Gasteiger partial charge in [0.2, 0.25) is 5.91 Å². The maximum atomic E-state index is 13.2. The number of hydrogen-bond acceptors (Lipinski definition) is 5. The summed E-state index contributed by atoms with van der Waals surface area (Å²) in [7, 11) is 0. The van der Waals surface area contributed by atoms with Gasteiger partial charge < -0.3 is 0 Å². The fourth-order valence-electron chi connectivity index (χ4n) is 3.16. The fraction of sp³-hybridized carbons (Fsp3) is 0.174. The smallest absolute Gasteiger partial charge is 0.239 e. The molecule has 0 saturated carbocycles. The molecule has 4 aromatic rings. The lowest BCUT2D eigenvalue weighted by Gasteiger charge is -2.19. The number of fused-ring (bicyclic) bond motifs is 1. The van der Waals surface area contributed by atoms with Crippen molar-refractivity contribution in [2.24, 2.45) is 0 Å². The lowest BCUT2D eigenvalue weighted by atomic mass is 10.1. The highest BCUT2D eigenvalue weighted by Gasteiger charge is 2.21. The summed E-state index contributed by atoms with van der Waals surface area (Å²) in [6, 6.07) is 14.2. The number of thioether (sulfide) groups is 1. The van der Waals surface area contributed by atoms with E-state index < -0.39 is 0 Å². The Balaban J connectivity index is 1.63. The highest BCUT2D eigenvalue weighted by molar-refractivity contribution is 8.00. The van der Waals surface area contributed by atoms with Crippen molar-refractivity contribution in [3.63, 3.8) is 0 Å². The molecule has 0 spiro atoms. The molecule has 0 aliphatic heterocycles. The molecule has 4 rings (SSSR count). The summed E-state index contributed by atoms with van der Waals surface area (Å²) in [4.78, 5) is 24.7. The third-order valence-electron chi connectivity index (χ3n) is 4.59. The Kier molecular flexibility index (Phi) is 6.11. The molecule has 2 aromatic heterocycles. The van der Waals surface area contributed by atoms with Gasteiger partial charge in [0.15, 0.2) is 5.13 Å². The summed E-state index contributed by atoms with van der Waals surface area (Å²) in [5.74, 6) is -0.106. The van der Waals surface area contributed by atoms with Crippen molar-refractivity contribution in [3.05, 3.63) is 83.4 Å². The summed E-state index contributed by atoms with van der Waals surface area (Å²) in [6.07, 6.45) is 3.47. The number of benzene rings is 2. The molecule has 7 heteroatoms. The number of halogens is 1. The van der Waals surface area contributed by atoms with Crippen molar-refractivity contribution in [1.82, 2.24) is 9.97 Å². The molecule has 2 aromatic carbocycles. The molecule has 152 valence electrons. The Morgan fingerprint density at radius 3 is 2.70 bits per heavy atom. The molecular formula is C23H20FN3OS2. The first-order chi connectivity index (χ1) is 14.5. The van der Waals surface area contributed by atoms with Gasteiger partial charge in [0.25, 0.3) is 0 Å². The highest BCUT2D eigenvalue weighted by Crippen LogP contribution is 2.33. The predicted molar refractivity (Wildman–Crippen MR) is 122 cm³/mol. The molecule has 0 bridgehead atoms. The molecule has 0 fully saturated rings. The maximum absolute atomic E-state index is 13.2. The number of carbonyl (C=O) groups excluding carboxylic acids is 1. The minimum atomic E-state index is -0.288. The molecule has 0 N–H and O–H groups in total. The molecule has 2 heterocycles. The van der Waals surface area contributed by atoms with Crippen molar-refractivity contribution in [2.75, 3.05) is 10.7 Å². The third kappa shape index (κ3) is 4.68. The van der Waals surface area contributed by atoms with Crippen LogP contribution in [0.5, 0.6) is 0 Å². The van der Waals surface area contributed by atoms with Gasteiger partial charge in [0.05, 0.1) is 22.5 Å². The molecule has 1 amide bonds. The molecule has 30 heavy (non-hydrogen) atoms. The normalized spacial score (nSPS) is 11.0. The molecule has 0 aliphatic rings. The Morgan fingerprint density at radius 1 is 1.17 bits per heavy atom. The largest absolute Gasteiger partial charge is 0.283 e. The topological polar surface area (TPSA) is 46.1 Å². The van der Waals surface area contributed by atoms with E-state index in [2.05, 4.69) is 24.0 Å². The first-order valence-electron chi connectivity index (χ1n) is 9.45. The van der Waals surface area contributed by atoms with Crippen molar-refractivity contribution in [1.29, 1.82) is 0 Å². The molecule has 0 atom stereocenters. The second-order valence-corrected chi connectivity index (χ2v) is 9.07. The number of aromatic nitrogens is 2. The average Bonchev–Trinajstić information content (AvgIpc) is 3.16. The van der Waals surface area contributed by atoms with Gasteiger partial charge in [-0.3, -0.25) is 14.7 Å². The van der Waals surface area contributed by atoms with Crippen molar-refractivity contribution >= 4 is 44.4 Å². The van der Waals surface area contributed by atoms with E-state index in [0.717, 1.165) is 26.2 Å². The Hall–Kier alpha value is -2.77. The van der Waals surface area contributed by atoms with Crippen LogP contribution in [0.4, 0.5) is 9.52 Å². The fourth-order valence-corrected chi connectivity index (χ4v) is 5.10. The van der Waals surface area contributed by atoms with Crippen LogP contribution < -0.4 is 4.90 Å². The number of amides is 1. The zero-order valence-electron chi connectivity index (χ0n) is 16.6. The van der Waals surface area contributed by atoms with Gasteiger partial charge in [-0.15, -0.1) is 11.8 Å². The average molecular weight is 438 g/mol. The monoisotopic (exact) mass is 437 g/mol. The van der Waals surface area contributed by atoms with E-state index in [4.69, 9.17) is 4.98 Å². The van der Waals surface area contributed by atoms with E-state index >= 15 is 0 Å². The number of carbonyl (C=O) groups is 1. The first-order valence-corrected chi connectivity index (χ1v) is 11.3. The minimum absolute atomic E-state index is 0.0541. The van der Waals surface area contributed by atoms with Crippen LogP contribution in [0.2, 0.25) is 0 Å². The van der Waals surface area contributed by atoms with Crippen LogP contribution >= 0.6 is 23.1 Å². The number of anilines is 1. The number of pyridine rings is 1. The summed E-state index contributed by atoms with van der Waals surface area (Å²) in [6.45, 7) is 4.49. The first kappa shape index (κ1) is 20.5. The lowest BCUT2D eigenvalue weighted by Crippen LogP contribution is -2.31. The minimum Gasteiger partial charge on any atom is -0.283 e. The van der Waals surface area contributed by atoms with Crippen LogP contribution in [0.15, 0.2) is 65.8 Å².